The van der Waals surface area contributed by atoms with Crippen molar-refractivity contribution in [1.29, 1.82) is 0 Å². The molecule has 0 aliphatic heterocycles. The lowest BCUT2D eigenvalue weighted by Gasteiger charge is -2.03. The van der Waals surface area contributed by atoms with Crippen LogP contribution in [0.4, 0.5) is 5.69 Å². The van der Waals surface area contributed by atoms with Crippen LogP contribution in [0.5, 0.6) is 0 Å². The van der Waals surface area contributed by atoms with Gasteiger partial charge in [-0.3, -0.25) is 4.68 Å². The van der Waals surface area contributed by atoms with Crippen LogP contribution in [0, 0.1) is 0 Å². The van der Waals surface area contributed by atoms with Gasteiger partial charge in [-0.2, -0.15) is 15.3 Å². The molecule has 2 N–H and O–H groups in total. The van der Waals surface area contributed by atoms with Gasteiger partial charge in [-0.1, -0.05) is 0 Å². The highest BCUT2D eigenvalue weighted by Gasteiger charge is 2.05. The number of nitrogen functional groups attached to an aromatic ring is 1. The van der Waals surface area contributed by atoms with Gasteiger partial charge in [-0.15, -0.1) is 0 Å². The number of aryl methyl sites for hydroxylation is 1. The van der Waals surface area contributed by atoms with Gasteiger partial charge in [0.05, 0.1) is 23.8 Å². The van der Waals surface area contributed by atoms with E-state index in [-0.39, 0.29) is 0 Å². The zero-order valence-corrected chi connectivity index (χ0v) is 7.18. The second kappa shape index (κ2) is 2.85. The molecular weight excluding hydrogens is 166 g/mol. The van der Waals surface area contributed by atoms with Gasteiger partial charge in [0.1, 0.15) is 0 Å². The fourth-order valence-corrected chi connectivity index (χ4v) is 1.18. The molecule has 0 saturated carbocycles. The lowest BCUT2D eigenvalue weighted by molar-refractivity contribution is 0.775. The molecule has 0 unspecified atom stereocenters. The van der Waals surface area contributed by atoms with E-state index in [1.807, 2.05) is 13.1 Å². The van der Waals surface area contributed by atoms with Crippen molar-refractivity contribution in [2.24, 2.45) is 7.05 Å². The molecule has 0 amide bonds. The van der Waals surface area contributed by atoms with E-state index in [9.17, 15) is 0 Å². The van der Waals surface area contributed by atoms with Crippen molar-refractivity contribution in [3.05, 3.63) is 24.7 Å². The minimum Gasteiger partial charge on any atom is -0.397 e. The van der Waals surface area contributed by atoms with Gasteiger partial charge < -0.3 is 5.73 Å². The van der Waals surface area contributed by atoms with Crippen LogP contribution in [0.3, 0.4) is 0 Å². The summed E-state index contributed by atoms with van der Waals surface area (Å²) in [6, 6.07) is 1.88. The summed E-state index contributed by atoms with van der Waals surface area (Å²) in [5, 5.41) is 11.5. The van der Waals surface area contributed by atoms with Crippen LogP contribution in [-0.2, 0) is 7.05 Å². The van der Waals surface area contributed by atoms with Gasteiger partial charge in [0.2, 0.25) is 0 Å². The Labute approximate surface area is 75.2 Å². The summed E-state index contributed by atoms with van der Waals surface area (Å²) in [5.74, 6) is 0. The van der Waals surface area contributed by atoms with Gasteiger partial charge in [0, 0.05) is 18.8 Å². The van der Waals surface area contributed by atoms with Gasteiger partial charge >= 0.3 is 0 Å². The highest BCUT2D eigenvalue weighted by molar-refractivity contribution is 5.71. The second-order valence-corrected chi connectivity index (χ2v) is 2.70. The zero-order chi connectivity index (χ0) is 9.26. The monoisotopic (exact) mass is 175 g/mol. The van der Waals surface area contributed by atoms with Gasteiger partial charge in [-0.05, 0) is 6.07 Å². The van der Waals surface area contributed by atoms with E-state index in [1.54, 1.807) is 17.1 Å². The normalized spacial score (nSPS) is 10.2. The molecule has 5 nitrogen and oxygen atoms in total. The maximum Gasteiger partial charge on any atom is 0.0732 e. The summed E-state index contributed by atoms with van der Waals surface area (Å²) in [6.07, 6.45) is 4.88. The number of nitrogens with zero attached hydrogens (tertiary/aromatic N) is 4. The summed E-state index contributed by atoms with van der Waals surface area (Å²) in [7, 11) is 1.86. The van der Waals surface area contributed by atoms with Crippen molar-refractivity contribution in [2.75, 3.05) is 5.73 Å². The number of rotatable bonds is 1. The Morgan fingerprint density at radius 3 is 2.69 bits per heavy atom. The summed E-state index contributed by atoms with van der Waals surface area (Å²) in [6.45, 7) is 0. The van der Waals surface area contributed by atoms with Crippen LogP contribution in [0.15, 0.2) is 24.7 Å². The van der Waals surface area contributed by atoms with E-state index >= 15 is 0 Å². The quantitative estimate of drug-likeness (QED) is 0.683. The third-order valence-corrected chi connectivity index (χ3v) is 1.86. The SMILES string of the molecule is Cn1nccc1-c1cnncc1N. The molecular formula is C8H9N5. The van der Waals surface area contributed by atoms with Crippen LogP contribution >= 0.6 is 0 Å². The Kier molecular flexibility index (Phi) is 1.70. The Morgan fingerprint density at radius 1 is 1.31 bits per heavy atom. The van der Waals surface area contributed by atoms with Crippen LogP contribution in [0.25, 0.3) is 11.3 Å². The van der Waals surface area contributed by atoms with Crippen LogP contribution in [-0.4, -0.2) is 20.0 Å². The molecule has 2 heterocycles. The average Bonchev–Trinajstić information content (AvgIpc) is 2.52. The van der Waals surface area contributed by atoms with E-state index in [1.165, 1.54) is 6.20 Å². The molecule has 0 radical (unpaired) electrons. The van der Waals surface area contributed by atoms with Gasteiger partial charge in [-0.25, -0.2) is 0 Å². The van der Waals surface area contributed by atoms with Crippen molar-refractivity contribution >= 4 is 5.69 Å². The predicted octanol–water partition coefficient (Wildman–Crippen LogP) is 0.459. The molecule has 0 spiro atoms. The fourth-order valence-electron chi connectivity index (χ4n) is 1.18. The van der Waals surface area contributed by atoms with E-state index in [2.05, 4.69) is 15.3 Å². The first kappa shape index (κ1) is 7.72. The standard InChI is InChI=1S/C8H9N5/c1-13-8(2-3-12-13)6-4-10-11-5-7(6)9/h2-5H,1H3,(H2,9,10). The van der Waals surface area contributed by atoms with E-state index in [4.69, 9.17) is 5.73 Å². The maximum atomic E-state index is 5.74. The van der Waals surface area contributed by atoms with Crippen molar-refractivity contribution in [1.82, 2.24) is 20.0 Å². The molecule has 0 aliphatic carbocycles. The fraction of sp³-hybridized carbons (Fsp3) is 0.125. The first-order valence-electron chi connectivity index (χ1n) is 3.83. The number of nitrogens with two attached hydrogens (primary N) is 1. The van der Waals surface area contributed by atoms with E-state index in [0.29, 0.717) is 5.69 Å². The topological polar surface area (TPSA) is 69.6 Å². The minimum atomic E-state index is 0.610. The van der Waals surface area contributed by atoms with E-state index < -0.39 is 0 Å². The van der Waals surface area contributed by atoms with Crippen LogP contribution in [0.1, 0.15) is 0 Å². The lowest BCUT2D eigenvalue weighted by Crippen LogP contribution is -1.98. The molecule has 0 bridgehead atoms. The first-order valence-corrected chi connectivity index (χ1v) is 3.83. The van der Waals surface area contributed by atoms with Crippen LogP contribution < -0.4 is 5.73 Å². The number of aromatic nitrogens is 4. The number of hydrogen-bond donors (Lipinski definition) is 1. The van der Waals surface area contributed by atoms with Crippen molar-refractivity contribution in [3.8, 4) is 11.3 Å². The Bertz CT molecular complexity index is 420. The molecule has 0 aliphatic rings. The molecule has 2 rings (SSSR count). The van der Waals surface area contributed by atoms with Gasteiger partial charge in [0.25, 0.3) is 0 Å². The van der Waals surface area contributed by atoms with E-state index in [0.717, 1.165) is 11.3 Å². The summed E-state index contributed by atoms with van der Waals surface area (Å²) in [5.41, 5.74) is 8.14. The molecule has 2 aromatic rings. The summed E-state index contributed by atoms with van der Waals surface area (Å²) >= 11 is 0. The Balaban J connectivity index is 2.59. The molecule has 66 valence electrons. The number of hydrogen-bond acceptors (Lipinski definition) is 4. The smallest absolute Gasteiger partial charge is 0.0732 e. The highest BCUT2D eigenvalue weighted by Crippen LogP contribution is 2.22. The average molecular weight is 175 g/mol. The molecule has 0 atom stereocenters. The first-order chi connectivity index (χ1) is 6.29. The summed E-state index contributed by atoms with van der Waals surface area (Å²) < 4.78 is 1.74. The second-order valence-electron chi connectivity index (χ2n) is 2.70. The van der Waals surface area contributed by atoms with Crippen molar-refractivity contribution in [3.63, 3.8) is 0 Å². The zero-order valence-electron chi connectivity index (χ0n) is 7.18. The molecule has 13 heavy (non-hydrogen) atoms. The molecule has 0 fully saturated rings. The van der Waals surface area contributed by atoms with Gasteiger partial charge in [0.15, 0.2) is 0 Å². The third-order valence-electron chi connectivity index (χ3n) is 1.86. The highest BCUT2D eigenvalue weighted by atomic mass is 15.3. The largest absolute Gasteiger partial charge is 0.397 e. The molecule has 5 heteroatoms. The predicted molar refractivity (Wildman–Crippen MR) is 48.6 cm³/mol. The number of anilines is 1. The maximum absolute atomic E-state index is 5.74. The van der Waals surface area contributed by atoms with Crippen LogP contribution in [0.2, 0.25) is 0 Å². The Morgan fingerprint density at radius 2 is 2.08 bits per heavy atom. The molecule has 0 aromatic carbocycles. The summed E-state index contributed by atoms with van der Waals surface area (Å²) in [4.78, 5) is 0. The Hall–Kier alpha value is -1.91. The third kappa shape index (κ3) is 1.24. The lowest BCUT2D eigenvalue weighted by atomic mass is 10.2. The van der Waals surface area contributed by atoms with Crippen molar-refractivity contribution < 1.29 is 0 Å². The van der Waals surface area contributed by atoms with Crippen molar-refractivity contribution in [2.45, 2.75) is 0 Å². The molecule has 2 aromatic heterocycles. The minimum absolute atomic E-state index is 0.610. The molecule has 0 saturated heterocycles.